The maximum atomic E-state index is 5.31. The molecular weight excluding hydrogens is 144 g/mol. The lowest BCUT2D eigenvalue weighted by Crippen LogP contribution is -1.98. The van der Waals surface area contributed by atoms with Crippen molar-refractivity contribution in [2.75, 3.05) is 24.7 Å². The van der Waals surface area contributed by atoms with Crippen molar-refractivity contribution in [1.29, 1.82) is 0 Å². The number of rotatable bonds is 7. The number of ether oxygens (including phenoxy) is 1. The third-order valence-electron chi connectivity index (χ3n) is 1.07. The molecule has 0 unspecified atom stereocenters. The lowest BCUT2D eigenvalue weighted by molar-refractivity contribution is 0.151. The van der Waals surface area contributed by atoms with Crippen LogP contribution in [-0.2, 0) is 4.74 Å². The van der Waals surface area contributed by atoms with E-state index in [0.29, 0.717) is 0 Å². The van der Waals surface area contributed by atoms with Gasteiger partial charge in [0.15, 0.2) is 0 Å². The van der Waals surface area contributed by atoms with Crippen LogP contribution in [0, 0.1) is 0 Å². The van der Waals surface area contributed by atoms with Crippen molar-refractivity contribution in [2.24, 2.45) is 0 Å². The summed E-state index contributed by atoms with van der Waals surface area (Å²) in [5.41, 5.74) is 0. The highest BCUT2D eigenvalue weighted by molar-refractivity contribution is 7.99. The van der Waals surface area contributed by atoms with Gasteiger partial charge in [0.05, 0.1) is 6.61 Å². The van der Waals surface area contributed by atoms with Gasteiger partial charge in [-0.05, 0) is 18.6 Å². The summed E-state index contributed by atoms with van der Waals surface area (Å²) in [4.78, 5) is 0. The summed E-state index contributed by atoms with van der Waals surface area (Å²) in [5, 5.41) is 0. The Morgan fingerprint density at radius 2 is 1.80 bits per heavy atom. The van der Waals surface area contributed by atoms with Crippen molar-refractivity contribution in [3.8, 4) is 0 Å². The number of thioether (sulfide) groups is 1. The van der Waals surface area contributed by atoms with Gasteiger partial charge in [-0.25, -0.2) is 0 Å². The zero-order chi connectivity index (χ0) is 7.66. The van der Waals surface area contributed by atoms with Crippen LogP contribution in [0.5, 0.6) is 0 Å². The Morgan fingerprint density at radius 1 is 1.00 bits per heavy atom. The molecule has 0 fully saturated rings. The van der Waals surface area contributed by atoms with E-state index in [1.807, 2.05) is 11.8 Å². The molecule has 0 saturated heterocycles. The first-order chi connectivity index (χ1) is 4.91. The van der Waals surface area contributed by atoms with Gasteiger partial charge < -0.3 is 4.74 Å². The summed E-state index contributed by atoms with van der Waals surface area (Å²) in [6.45, 7) is 6.20. The van der Waals surface area contributed by atoms with Crippen molar-refractivity contribution in [3.63, 3.8) is 0 Å². The Labute approximate surface area is 68.5 Å². The smallest absolute Gasteiger partial charge is 0.0556 e. The molecule has 0 aliphatic carbocycles. The monoisotopic (exact) mass is 162 g/mol. The van der Waals surface area contributed by atoms with Crippen molar-refractivity contribution < 1.29 is 4.74 Å². The zero-order valence-corrected chi connectivity index (χ0v) is 7.88. The van der Waals surface area contributed by atoms with E-state index in [4.69, 9.17) is 4.74 Å². The first kappa shape index (κ1) is 10.3. The molecule has 2 heteroatoms. The fourth-order valence-electron chi connectivity index (χ4n) is 0.611. The number of hydrogen-bond donors (Lipinski definition) is 0. The topological polar surface area (TPSA) is 9.23 Å². The molecule has 0 aliphatic rings. The van der Waals surface area contributed by atoms with Crippen LogP contribution >= 0.6 is 11.8 Å². The van der Waals surface area contributed by atoms with Gasteiger partial charge in [-0.2, -0.15) is 11.8 Å². The second-order valence-electron chi connectivity index (χ2n) is 2.22. The summed E-state index contributed by atoms with van der Waals surface area (Å²) in [6, 6.07) is 0. The summed E-state index contributed by atoms with van der Waals surface area (Å²) in [5.74, 6) is 2.43. The van der Waals surface area contributed by atoms with Crippen molar-refractivity contribution in [3.05, 3.63) is 0 Å². The first-order valence-electron chi connectivity index (χ1n) is 4.07. The van der Waals surface area contributed by atoms with Crippen LogP contribution in [0.3, 0.4) is 0 Å². The van der Waals surface area contributed by atoms with Crippen LogP contribution < -0.4 is 0 Å². The molecule has 0 radical (unpaired) electrons. The predicted octanol–water partition coefficient (Wildman–Crippen LogP) is 2.56. The molecule has 0 aromatic rings. The Morgan fingerprint density at radius 3 is 2.40 bits per heavy atom. The van der Waals surface area contributed by atoms with Crippen molar-refractivity contribution in [1.82, 2.24) is 0 Å². The fourth-order valence-corrected chi connectivity index (χ4v) is 1.34. The largest absolute Gasteiger partial charge is 0.381 e. The van der Waals surface area contributed by atoms with E-state index in [0.717, 1.165) is 25.4 Å². The van der Waals surface area contributed by atoms with Gasteiger partial charge in [0.25, 0.3) is 0 Å². The van der Waals surface area contributed by atoms with E-state index in [-0.39, 0.29) is 0 Å². The van der Waals surface area contributed by atoms with Gasteiger partial charge >= 0.3 is 0 Å². The Balaban J connectivity index is 2.65. The van der Waals surface area contributed by atoms with E-state index < -0.39 is 0 Å². The highest BCUT2D eigenvalue weighted by Gasteiger charge is 1.86. The Bertz CT molecular complexity index is 49.2. The minimum Gasteiger partial charge on any atom is -0.381 e. The summed E-state index contributed by atoms with van der Waals surface area (Å²) in [7, 11) is 0. The molecule has 1 nitrogen and oxygen atoms in total. The van der Waals surface area contributed by atoms with Gasteiger partial charge in [0.2, 0.25) is 0 Å². The second-order valence-corrected chi connectivity index (χ2v) is 3.45. The maximum absolute atomic E-state index is 5.31. The molecule has 0 aromatic heterocycles. The third-order valence-corrected chi connectivity index (χ3v) is 2.22. The molecular formula is C8H18OS. The molecule has 0 N–H and O–H groups in total. The summed E-state index contributed by atoms with van der Waals surface area (Å²) < 4.78 is 5.31. The second kappa shape index (κ2) is 9.31. The van der Waals surface area contributed by atoms with E-state index in [1.165, 1.54) is 12.2 Å². The van der Waals surface area contributed by atoms with Crippen molar-refractivity contribution >= 4 is 11.8 Å². The quantitative estimate of drug-likeness (QED) is 0.532. The van der Waals surface area contributed by atoms with Gasteiger partial charge in [0, 0.05) is 12.4 Å². The van der Waals surface area contributed by atoms with E-state index in [1.54, 1.807) is 0 Å². The highest BCUT2D eigenvalue weighted by Crippen LogP contribution is 2.00. The lowest BCUT2D eigenvalue weighted by Gasteiger charge is -2.00. The number of hydrogen-bond acceptors (Lipinski definition) is 2. The molecule has 0 saturated carbocycles. The predicted molar refractivity (Wildman–Crippen MR) is 48.7 cm³/mol. The average molecular weight is 162 g/mol. The Kier molecular flexibility index (Phi) is 9.60. The van der Waals surface area contributed by atoms with Crippen LogP contribution in [0.2, 0.25) is 0 Å². The average Bonchev–Trinajstić information content (AvgIpc) is 1.97. The molecule has 10 heavy (non-hydrogen) atoms. The van der Waals surface area contributed by atoms with Crippen LogP contribution in [-0.4, -0.2) is 24.7 Å². The molecule has 0 spiro atoms. The van der Waals surface area contributed by atoms with Gasteiger partial charge in [0.1, 0.15) is 0 Å². The van der Waals surface area contributed by atoms with Crippen LogP contribution in [0.25, 0.3) is 0 Å². The first-order valence-corrected chi connectivity index (χ1v) is 5.22. The summed E-state index contributed by atoms with van der Waals surface area (Å²) in [6.07, 6.45) is 2.41. The van der Waals surface area contributed by atoms with Gasteiger partial charge in [-0.3, -0.25) is 0 Å². The molecule has 0 rings (SSSR count). The molecule has 0 amide bonds. The third kappa shape index (κ3) is 8.31. The molecule has 62 valence electrons. The SMILES string of the molecule is CCCOCCSCCC. The zero-order valence-electron chi connectivity index (χ0n) is 7.06. The lowest BCUT2D eigenvalue weighted by atomic mass is 10.5. The molecule has 0 aliphatic heterocycles. The molecule has 0 atom stereocenters. The van der Waals surface area contributed by atoms with E-state index >= 15 is 0 Å². The standard InChI is InChI=1S/C8H18OS/c1-3-5-9-6-8-10-7-4-2/h3-8H2,1-2H3. The van der Waals surface area contributed by atoms with Crippen LogP contribution in [0.1, 0.15) is 26.7 Å². The van der Waals surface area contributed by atoms with Crippen LogP contribution in [0.4, 0.5) is 0 Å². The van der Waals surface area contributed by atoms with Crippen LogP contribution in [0.15, 0.2) is 0 Å². The van der Waals surface area contributed by atoms with E-state index in [2.05, 4.69) is 13.8 Å². The van der Waals surface area contributed by atoms with Gasteiger partial charge in [-0.15, -0.1) is 0 Å². The normalized spacial score (nSPS) is 10.2. The minimum absolute atomic E-state index is 0.923. The maximum Gasteiger partial charge on any atom is 0.0556 e. The Hall–Kier alpha value is 0.310. The summed E-state index contributed by atoms with van der Waals surface area (Å²) >= 11 is 1.98. The van der Waals surface area contributed by atoms with Crippen molar-refractivity contribution in [2.45, 2.75) is 26.7 Å². The fraction of sp³-hybridized carbons (Fsp3) is 1.00. The van der Waals surface area contributed by atoms with Gasteiger partial charge in [-0.1, -0.05) is 13.8 Å². The van der Waals surface area contributed by atoms with E-state index in [9.17, 15) is 0 Å². The molecule has 0 bridgehead atoms. The minimum atomic E-state index is 0.923. The highest BCUT2D eigenvalue weighted by atomic mass is 32.2. The molecule has 0 aromatic carbocycles. The molecule has 0 heterocycles.